The summed E-state index contributed by atoms with van der Waals surface area (Å²) in [5.41, 5.74) is 7.58. The van der Waals surface area contributed by atoms with Gasteiger partial charge in [0.05, 0.1) is 0 Å². The molecule has 4 unspecified atom stereocenters. The van der Waals surface area contributed by atoms with Gasteiger partial charge in [-0.15, -0.1) is 0 Å². The number of nitrogens with zero attached hydrogens (tertiary/aromatic N) is 1. The minimum absolute atomic E-state index is 0.0316. The Balaban J connectivity index is 1.67. The Bertz CT molecular complexity index is 1140. The number of rotatable bonds is 3. The lowest BCUT2D eigenvalue weighted by Crippen LogP contribution is -2.57. The van der Waals surface area contributed by atoms with Crippen LogP contribution in [0.4, 0.5) is 0 Å². The second-order valence-electron chi connectivity index (χ2n) is 8.08. The quantitative estimate of drug-likeness (QED) is 0.766. The van der Waals surface area contributed by atoms with Gasteiger partial charge in [0.15, 0.2) is 11.5 Å². The molecule has 8 nitrogen and oxygen atoms in total. The first kappa shape index (κ1) is 16.8. The SMILES string of the molecule is CC(C)N1C2CCC13OP1(=O)OC3=C(c3c[nH]c4cccc(C(N)=O)c34)C2O1. The largest absolute Gasteiger partial charge is 0.532 e. The van der Waals surface area contributed by atoms with Crippen molar-refractivity contribution >= 4 is 30.2 Å². The highest BCUT2D eigenvalue weighted by Gasteiger charge is 2.72. The van der Waals surface area contributed by atoms with Gasteiger partial charge in [0, 0.05) is 45.9 Å². The number of hydrogen-bond acceptors (Lipinski definition) is 6. The highest BCUT2D eigenvalue weighted by molar-refractivity contribution is 7.49. The van der Waals surface area contributed by atoms with Crippen molar-refractivity contribution < 1.29 is 22.9 Å². The molecule has 4 atom stereocenters. The number of aromatic nitrogens is 1. The van der Waals surface area contributed by atoms with Crippen LogP contribution in [-0.2, 0) is 18.1 Å². The summed E-state index contributed by atoms with van der Waals surface area (Å²) in [6.45, 7) is 4.18. The van der Waals surface area contributed by atoms with Gasteiger partial charge in [0.25, 0.3) is 0 Å². The van der Waals surface area contributed by atoms with Crippen molar-refractivity contribution in [2.24, 2.45) is 5.73 Å². The topological polar surface area (TPSA) is 107 Å². The maximum Gasteiger partial charge on any atom is 0.532 e. The maximum atomic E-state index is 13.0. The predicted molar refractivity (Wildman–Crippen MR) is 101 cm³/mol. The Morgan fingerprint density at radius 2 is 2.25 bits per heavy atom. The molecule has 6 rings (SSSR count). The molecule has 2 saturated heterocycles. The molecule has 1 amide bonds. The third-order valence-corrected chi connectivity index (χ3v) is 7.73. The molecule has 28 heavy (non-hydrogen) atoms. The van der Waals surface area contributed by atoms with Gasteiger partial charge in [-0.1, -0.05) is 6.07 Å². The molecular weight excluding hydrogens is 381 g/mol. The molecule has 4 aliphatic heterocycles. The fraction of sp³-hybridized carbons (Fsp3) is 0.421. The fourth-order valence-electron chi connectivity index (χ4n) is 5.49. The molecule has 3 N–H and O–H groups in total. The van der Waals surface area contributed by atoms with Crippen molar-refractivity contribution in [3.8, 4) is 0 Å². The van der Waals surface area contributed by atoms with Gasteiger partial charge in [-0.3, -0.25) is 14.2 Å². The molecule has 4 aliphatic rings. The monoisotopic (exact) mass is 401 g/mol. The van der Waals surface area contributed by atoms with Gasteiger partial charge in [-0.05, 0) is 38.8 Å². The molecule has 1 aromatic heterocycles. The number of carbonyl (C=O) groups is 1. The lowest BCUT2D eigenvalue weighted by molar-refractivity contribution is -0.0551. The standard InChI is InChI=1S/C19H20N3O5P/c1-9(2)22-13-6-7-19(22)17-15(16(13)25-28(24,26-17)27-19)11-8-21-12-5-3-4-10(14(11)12)18(20)23/h3-5,8-9,13,16,21H,6-7H2,1-2H3,(H2,20,23). The van der Waals surface area contributed by atoms with Crippen LogP contribution in [0, 0.1) is 0 Å². The minimum Gasteiger partial charge on any atom is -0.403 e. The van der Waals surface area contributed by atoms with Gasteiger partial charge < -0.3 is 15.2 Å². The molecule has 5 bridgehead atoms. The van der Waals surface area contributed by atoms with Crippen LogP contribution in [0.15, 0.2) is 30.2 Å². The van der Waals surface area contributed by atoms with Crippen LogP contribution >= 0.6 is 7.82 Å². The Labute approximate surface area is 161 Å². The number of carbonyl (C=O) groups excluding carboxylic acids is 1. The van der Waals surface area contributed by atoms with Gasteiger partial charge in [0.2, 0.25) is 5.91 Å². The number of fused-ring (bicyclic) bond motifs is 5. The number of amides is 1. The van der Waals surface area contributed by atoms with E-state index in [0.717, 1.165) is 28.5 Å². The number of phosphoric ester groups is 1. The summed E-state index contributed by atoms with van der Waals surface area (Å²) in [4.78, 5) is 17.5. The van der Waals surface area contributed by atoms with E-state index < -0.39 is 25.6 Å². The smallest absolute Gasteiger partial charge is 0.403 e. The van der Waals surface area contributed by atoms with E-state index in [2.05, 4.69) is 23.7 Å². The molecule has 2 fully saturated rings. The second-order valence-corrected chi connectivity index (χ2v) is 9.56. The Morgan fingerprint density at radius 1 is 1.43 bits per heavy atom. The van der Waals surface area contributed by atoms with Crippen molar-refractivity contribution in [3.63, 3.8) is 0 Å². The normalized spacial score (nSPS) is 36.0. The lowest BCUT2D eigenvalue weighted by atomic mass is 9.87. The summed E-state index contributed by atoms with van der Waals surface area (Å²) >= 11 is 0. The number of benzene rings is 1. The summed E-state index contributed by atoms with van der Waals surface area (Å²) in [6.07, 6.45) is 2.94. The first-order chi connectivity index (χ1) is 13.3. The zero-order chi connectivity index (χ0) is 19.4. The van der Waals surface area contributed by atoms with E-state index in [9.17, 15) is 9.36 Å². The third-order valence-electron chi connectivity index (χ3n) is 6.31. The Hall–Kier alpha value is -2.12. The summed E-state index contributed by atoms with van der Waals surface area (Å²) in [6, 6.07) is 5.59. The molecular formula is C19H20N3O5P. The summed E-state index contributed by atoms with van der Waals surface area (Å²) in [5.74, 6) is 0.0628. The lowest BCUT2D eigenvalue weighted by Gasteiger charge is -2.45. The molecule has 2 aromatic rings. The van der Waals surface area contributed by atoms with Gasteiger partial charge >= 0.3 is 7.82 Å². The molecule has 0 radical (unpaired) electrons. The van der Waals surface area contributed by atoms with Crippen molar-refractivity contribution in [2.45, 2.75) is 50.6 Å². The van der Waals surface area contributed by atoms with Crippen LogP contribution in [-0.4, -0.2) is 39.7 Å². The molecule has 9 heteroatoms. The highest BCUT2D eigenvalue weighted by Crippen LogP contribution is 2.75. The number of aromatic amines is 1. The third kappa shape index (κ3) is 1.82. The maximum absolute atomic E-state index is 13.0. The van der Waals surface area contributed by atoms with E-state index in [1.54, 1.807) is 12.1 Å². The number of nitrogens with one attached hydrogen (secondary N) is 1. The van der Waals surface area contributed by atoms with E-state index in [1.165, 1.54) is 0 Å². The second kappa shape index (κ2) is 5.07. The Kier molecular flexibility index (Phi) is 3.04. The predicted octanol–water partition coefficient (Wildman–Crippen LogP) is 3.11. The van der Waals surface area contributed by atoms with E-state index in [1.807, 2.05) is 12.3 Å². The fourth-order valence-corrected chi connectivity index (χ4v) is 7.24. The van der Waals surface area contributed by atoms with Gasteiger partial charge in [-0.25, -0.2) is 9.09 Å². The highest BCUT2D eigenvalue weighted by atomic mass is 31.2. The molecule has 0 saturated carbocycles. The van der Waals surface area contributed by atoms with Crippen LogP contribution in [0.2, 0.25) is 0 Å². The average Bonchev–Trinajstić information content (AvgIpc) is 3.25. The number of primary amides is 1. The van der Waals surface area contributed by atoms with Gasteiger partial charge in [0.1, 0.15) is 6.10 Å². The molecule has 5 heterocycles. The molecule has 1 spiro atoms. The minimum atomic E-state index is -3.63. The molecule has 146 valence electrons. The van der Waals surface area contributed by atoms with E-state index in [-0.39, 0.29) is 12.1 Å². The Morgan fingerprint density at radius 3 is 3.00 bits per heavy atom. The molecule has 0 aliphatic carbocycles. The zero-order valence-electron chi connectivity index (χ0n) is 15.5. The zero-order valence-corrected chi connectivity index (χ0v) is 16.4. The first-order valence-corrected chi connectivity index (χ1v) is 10.9. The van der Waals surface area contributed by atoms with E-state index in [0.29, 0.717) is 17.7 Å². The first-order valence-electron chi connectivity index (χ1n) is 9.47. The van der Waals surface area contributed by atoms with Crippen LogP contribution in [0.3, 0.4) is 0 Å². The number of H-pyrrole nitrogens is 1. The van der Waals surface area contributed by atoms with Crippen LogP contribution in [0.5, 0.6) is 0 Å². The molecule has 1 aromatic carbocycles. The summed E-state index contributed by atoms with van der Waals surface area (Å²) in [7, 11) is -3.63. The van der Waals surface area contributed by atoms with Crippen molar-refractivity contribution in [3.05, 3.63) is 41.3 Å². The summed E-state index contributed by atoms with van der Waals surface area (Å²) in [5, 5.41) is 0.728. The number of phosphoric acid groups is 1. The number of hydrogen-bond donors (Lipinski definition) is 2. The summed E-state index contributed by atoms with van der Waals surface area (Å²) < 4.78 is 30.8. The van der Waals surface area contributed by atoms with Crippen molar-refractivity contribution in [1.82, 2.24) is 9.88 Å². The van der Waals surface area contributed by atoms with Crippen molar-refractivity contribution in [2.75, 3.05) is 0 Å². The van der Waals surface area contributed by atoms with Crippen LogP contribution in [0.1, 0.15) is 42.6 Å². The number of nitrogens with two attached hydrogens (primary N) is 1. The van der Waals surface area contributed by atoms with Crippen LogP contribution < -0.4 is 5.73 Å². The van der Waals surface area contributed by atoms with E-state index >= 15 is 0 Å². The van der Waals surface area contributed by atoms with Gasteiger partial charge in [-0.2, -0.15) is 0 Å². The van der Waals surface area contributed by atoms with Crippen LogP contribution in [0.25, 0.3) is 16.5 Å². The van der Waals surface area contributed by atoms with E-state index in [4.69, 9.17) is 19.3 Å². The average molecular weight is 401 g/mol. The van der Waals surface area contributed by atoms with Crippen molar-refractivity contribution in [1.29, 1.82) is 0 Å².